The number of oxazole rings is 1. The number of guanidine groups is 1. The first-order valence-corrected chi connectivity index (χ1v) is 10.5. The van der Waals surface area contributed by atoms with Crippen LogP contribution in [0.15, 0.2) is 33.2 Å². The molecule has 0 spiro atoms. The van der Waals surface area contributed by atoms with E-state index in [0.29, 0.717) is 18.5 Å². The van der Waals surface area contributed by atoms with Crippen molar-refractivity contribution in [2.75, 3.05) is 12.8 Å². The number of hydrogen-bond acceptors (Lipinski definition) is 5. The quantitative estimate of drug-likeness (QED) is 0.357. The Kier molecular flexibility index (Phi) is 8.57. The molecule has 0 aliphatic heterocycles. The number of rotatable bonds is 6. The van der Waals surface area contributed by atoms with Gasteiger partial charge in [0.1, 0.15) is 12.0 Å². The van der Waals surface area contributed by atoms with Gasteiger partial charge < -0.3 is 15.1 Å². The predicted octanol–water partition coefficient (Wildman–Crippen LogP) is 4.36. The summed E-state index contributed by atoms with van der Waals surface area (Å²) in [5.41, 5.74) is 0.851. The van der Waals surface area contributed by atoms with Crippen LogP contribution < -0.4 is 10.6 Å². The first-order valence-electron chi connectivity index (χ1n) is 8.34. The van der Waals surface area contributed by atoms with Gasteiger partial charge in [0, 0.05) is 17.8 Å². The van der Waals surface area contributed by atoms with Crippen LogP contribution in [0.3, 0.4) is 0 Å². The Labute approximate surface area is 174 Å². The number of nitrogens with zero attached hydrogens (tertiary/aromatic N) is 2. The van der Waals surface area contributed by atoms with Gasteiger partial charge in [0.25, 0.3) is 0 Å². The number of nitrogens with one attached hydrogen (secondary N) is 2. The standard InChI is InChI=1S/C17H24N4OS2.HI/c1-3-18-17(21-12-6-7-14(9-12)23-2)19-10-13-11-22-16(20-13)15-5-4-8-24-15;/h4-5,8,11-12,14H,3,6-7,9-10H2,1-2H3,(H2,18,19,21);1H. The molecule has 2 atom stereocenters. The van der Waals surface area contributed by atoms with Crippen molar-refractivity contribution in [2.45, 2.75) is 44.0 Å². The predicted molar refractivity (Wildman–Crippen MR) is 118 cm³/mol. The van der Waals surface area contributed by atoms with Crippen LogP contribution in [0.5, 0.6) is 0 Å². The molecule has 0 bridgehead atoms. The van der Waals surface area contributed by atoms with E-state index < -0.39 is 0 Å². The van der Waals surface area contributed by atoms with Crippen molar-refractivity contribution in [1.29, 1.82) is 0 Å². The van der Waals surface area contributed by atoms with Gasteiger partial charge in [-0.25, -0.2) is 9.98 Å². The highest BCUT2D eigenvalue weighted by atomic mass is 127. The Morgan fingerprint density at radius 1 is 1.48 bits per heavy atom. The molecule has 2 unspecified atom stereocenters. The third kappa shape index (κ3) is 5.89. The Morgan fingerprint density at radius 2 is 2.36 bits per heavy atom. The zero-order chi connectivity index (χ0) is 16.8. The molecule has 0 amide bonds. The fourth-order valence-corrected chi connectivity index (χ4v) is 4.30. The molecule has 2 N–H and O–H groups in total. The summed E-state index contributed by atoms with van der Waals surface area (Å²) in [6.07, 6.45) is 7.59. The topological polar surface area (TPSA) is 62.5 Å². The molecule has 5 nitrogen and oxygen atoms in total. The smallest absolute Gasteiger partial charge is 0.236 e. The first kappa shape index (κ1) is 20.6. The number of thiophene rings is 1. The molecule has 2 aromatic rings. The van der Waals surface area contributed by atoms with Crippen molar-refractivity contribution in [3.05, 3.63) is 29.5 Å². The molecule has 1 fully saturated rings. The van der Waals surface area contributed by atoms with Gasteiger partial charge >= 0.3 is 0 Å². The summed E-state index contributed by atoms with van der Waals surface area (Å²) in [4.78, 5) is 10.2. The molecule has 1 saturated carbocycles. The SMILES string of the molecule is CCNC(=NCc1coc(-c2cccs2)n1)NC1CCC(SC)C1.I. The number of aliphatic imine (C=N–C) groups is 1. The lowest BCUT2D eigenvalue weighted by Crippen LogP contribution is -2.42. The highest BCUT2D eigenvalue weighted by molar-refractivity contribution is 14.0. The van der Waals surface area contributed by atoms with E-state index in [1.165, 1.54) is 19.3 Å². The highest BCUT2D eigenvalue weighted by Crippen LogP contribution is 2.28. The molecule has 0 aromatic carbocycles. The molecule has 138 valence electrons. The average Bonchev–Trinajstić information content (AvgIpc) is 3.33. The summed E-state index contributed by atoms with van der Waals surface area (Å²) in [6, 6.07) is 4.52. The summed E-state index contributed by atoms with van der Waals surface area (Å²) in [5.74, 6) is 1.54. The van der Waals surface area contributed by atoms with Crippen molar-refractivity contribution in [1.82, 2.24) is 15.6 Å². The van der Waals surface area contributed by atoms with E-state index >= 15 is 0 Å². The minimum atomic E-state index is 0. The molecule has 2 aromatic heterocycles. The summed E-state index contributed by atoms with van der Waals surface area (Å²) < 4.78 is 5.55. The van der Waals surface area contributed by atoms with Crippen molar-refractivity contribution in [3.63, 3.8) is 0 Å². The fourth-order valence-electron chi connectivity index (χ4n) is 2.85. The van der Waals surface area contributed by atoms with Crippen LogP contribution in [-0.4, -0.2) is 35.0 Å². The third-order valence-corrected chi connectivity index (χ3v) is 6.04. The van der Waals surface area contributed by atoms with E-state index in [-0.39, 0.29) is 24.0 Å². The summed E-state index contributed by atoms with van der Waals surface area (Å²) in [7, 11) is 0. The van der Waals surface area contributed by atoms with E-state index in [2.05, 4.69) is 33.8 Å². The minimum Gasteiger partial charge on any atom is -0.443 e. The van der Waals surface area contributed by atoms with Gasteiger partial charge in [-0.15, -0.1) is 35.3 Å². The highest BCUT2D eigenvalue weighted by Gasteiger charge is 2.24. The van der Waals surface area contributed by atoms with Crippen molar-refractivity contribution in [2.24, 2.45) is 4.99 Å². The van der Waals surface area contributed by atoms with Gasteiger partial charge in [0.2, 0.25) is 5.89 Å². The number of halogens is 1. The van der Waals surface area contributed by atoms with E-state index in [9.17, 15) is 0 Å². The lowest BCUT2D eigenvalue weighted by atomic mass is 10.2. The molecule has 0 radical (unpaired) electrons. The molecular weight excluding hydrogens is 467 g/mol. The van der Waals surface area contributed by atoms with Gasteiger partial charge in [0.05, 0.1) is 11.4 Å². The second-order valence-corrected chi connectivity index (χ2v) is 7.91. The Hall–Kier alpha value is -0.740. The Morgan fingerprint density at radius 3 is 3.04 bits per heavy atom. The molecule has 1 aliphatic rings. The molecule has 1 aliphatic carbocycles. The van der Waals surface area contributed by atoms with E-state index in [4.69, 9.17) is 4.42 Å². The van der Waals surface area contributed by atoms with Crippen LogP contribution in [0.25, 0.3) is 10.8 Å². The third-order valence-electron chi connectivity index (χ3n) is 4.09. The van der Waals surface area contributed by atoms with Crippen molar-refractivity contribution >= 4 is 53.0 Å². The first-order chi connectivity index (χ1) is 11.8. The minimum absolute atomic E-state index is 0. The van der Waals surface area contributed by atoms with Gasteiger partial charge in [0.15, 0.2) is 5.96 Å². The fraction of sp³-hybridized carbons (Fsp3) is 0.529. The summed E-state index contributed by atoms with van der Waals surface area (Å²) in [6.45, 7) is 3.45. The summed E-state index contributed by atoms with van der Waals surface area (Å²) >= 11 is 3.59. The number of hydrogen-bond donors (Lipinski definition) is 2. The van der Waals surface area contributed by atoms with Crippen molar-refractivity contribution in [3.8, 4) is 10.8 Å². The average molecular weight is 492 g/mol. The van der Waals surface area contributed by atoms with Gasteiger partial charge in [-0.2, -0.15) is 11.8 Å². The molecule has 25 heavy (non-hydrogen) atoms. The van der Waals surface area contributed by atoms with Crippen molar-refractivity contribution < 1.29 is 4.42 Å². The van der Waals surface area contributed by atoms with Gasteiger partial charge in [-0.1, -0.05) is 6.07 Å². The second kappa shape index (κ2) is 10.4. The molecule has 8 heteroatoms. The molecule has 3 rings (SSSR count). The van der Waals surface area contributed by atoms with Crippen LogP contribution in [0.1, 0.15) is 31.9 Å². The van der Waals surface area contributed by atoms with Crippen LogP contribution in [-0.2, 0) is 6.54 Å². The molecule has 2 heterocycles. The number of aromatic nitrogens is 1. The van der Waals surface area contributed by atoms with Crippen LogP contribution in [0.2, 0.25) is 0 Å². The monoisotopic (exact) mass is 492 g/mol. The zero-order valence-electron chi connectivity index (χ0n) is 14.5. The Bertz CT molecular complexity index is 659. The van der Waals surface area contributed by atoms with E-state index in [1.807, 2.05) is 29.3 Å². The largest absolute Gasteiger partial charge is 0.443 e. The van der Waals surface area contributed by atoms with Gasteiger partial charge in [-0.3, -0.25) is 0 Å². The molecular formula is C17H25IN4OS2. The normalized spacial score (nSPS) is 20.3. The van der Waals surface area contributed by atoms with Crippen LogP contribution in [0, 0.1) is 0 Å². The number of thioether (sulfide) groups is 1. The second-order valence-electron chi connectivity index (χ2n) is 5.83. The van der Waals surface area contributed by atoms with E-state index in [1.54, 1.807) is 17.6 Å². The lowest BCUT2D eigenvalue weighted by molar-refractivity contribution is 0.574. The maximum atomic E-state index is 5.55. The maximum Gasteiger partial charge on any atom is 0.236 e. The Balaban J connectivity index is 0.00000225. The summed E-state index contributed by atoms with van der Waals surface area (Å²) in [5, 5.41) is 9.67. The van der Waals surface area contributed by atoms with Crippen LogP contribution >= 0.6 is 47.1 Å². The lowest BCUT2D eigenvalue weighted by Gasteiger charge is -2.17. The van der Waals surface area contributed by atoms with Gasteiger partial charge in [-0.05, 0) is 43.9 Å². The van der Waals surface area contributed by atoms with E-state index in [0.717, 1.165) is 28.3 Å². The molecule has 0 saturated heterocycles. The zero-order valence-corrected chi connectivity index (χ0v) is 18.5. The maximum absolute atomic E-state index is 5.55. The van der Waals surface area contributed by atoms with Crippen LogP contribution in [0.4, 0.5) is 0 Å².